The van der Waals surface area contributed by atoms with E-state index < -0.39 is 0 Å². The number of amides is 1. The number of piperidine rings is 1. The average molecular weight is 257 g/mol. The molecule has 0 bridgehead atoms. The smallest absolute Gasteiger partial charge is 0.234 e. The molecule has 1 atom stereocenters. The summed E-state index contributed by atoms with van der Waals surface area (Å²) in [6.45, 7) is 6.19. The third-order valence-electron chi connectivity index (χ3n) is 3.38. The largest absolute Gasteiger partial charge is 0.383 e. The van der Waals surface area contributed by atoms with Crippen molar-refractivity contribution in [3.63, 3.8) is 0 Å². The molecule has 0 radical (unpaired) electrons. The van der Waals surface area contributed by atoms with Gasteiger partial charge in [-0.1, -0.05) is 0 Å². The number of likely N-dealkylation sites (tertiary alicyclic amines) is 1. The average Bonchev–Trinajstić information content (AvgIpc) is 2.32. The summed E-state index contributed by atoms with van der Waals surface area (Å²) in [5.74, 6) is 0.762. The molecule has 1 fully saturated rings. The van der Waals surface area contributed by atoms with Gasteiger partial charge in [-0.05, 0) is 52.4 Å². The second-order valence-corrected chi connectivity index (χ2v) is 5.30. The van der Waals surface area contributed by atoms with E-state index in [0.29, 0.717) is 19.1 Å². The SMILES string of the molecule is COCC(C)NC(=O)CNCC1CCN(C)CC1. The molecular weight excluding hydrogens is 230 g/mol. The molecule has 18 heavy (non-hydrogen) atoms. The van der Waals surface area contributed by atoms with Crippen molar-refractivity contribution in [3.8, 4) is 0 Å². The normalized spacial score (nSPS) is 19.7. The van der Waals surface area contributed by atoms with Gasteiger partial charge in [0.2, 0.25) is 5.91 Å². The number of nitrogens with one attached hydrogen (secondary N) is 2. The third-order valence-corrected chi connectivity index (χ3v) is 3.38. The van der Waals surface area contributed by atoms with Crippen LogP contribution in [0.5, 0.6) is 0 Å². The van der Waals surface area contributed by atoms with Crippen molar-refractivity contribution in [3.05, 3.63) is 0 Å². The predicted molar refractivity (Wildman–Crippen MR) is 72.6 cm³/mol. The van der Waals surface area contributed by atoms with E-state index in [9.17, 15) is 4.79 Å². The van der Waals surface area contributed by atoms with Crippen molar-refractivity contribution in [1.29, 1.82) is 0 Å². The van der Waals surface area contributed by atoms with Crippen LogP contribution in [-0.2, 0) is 9.53 Å². The zero-order chi connectivity index (χ0) is 13.4. The molecule has 106 valence electrons. The van der Waals surface area contributed by atoms with Gasteiger partial charge in [-0.15, -0.1) is 0 Å². The minimum Gasteiger partial charge on any atom is -0.383 e. The van der Waals surface area contributed by atoms with Crippen LogP contribution in [0.15, 0.2) is 0 Å². The van der Waals surface area contributed by atoms with Crippen LogP contribution < -0.4 is 10.6 Å². The Balaban J connectivity index is 2.04. The first-order chi connectivity index (χ1) is 8.61. The van der Waals surface area contributed by atoms with Gasteiger partial charge in [-0.2, -0.15) is 0 Å². The number of nitrogens with zero attached hydrogens (tertiary/aromatic N) is 1. The number of ether oxygens (including phenoxy) is 1. The van der Waals surface area contributed by atoms with Gasteiger partial charge >= 0.3 is 0 Å². The number of hydrogen-bond donors (Lipinski definition) is 2. The first-order valence-electron chi connectivity index (χ1n) is 6.79. The molecule has 1 saturated heterocycles. The van der Waals surface area contributed by atoms with Crippen molar-refractivity contribution in [1.82, 2.24) is 15.5 Å². The Morgan fingerprint density at radius 3 is 2.72 bits per heavy atom. The van der Waals surface area contributed by atoms with Gasteiger partial charge in [-0.3, -0.25) is 4.79 Å². The van der Waals surface area contributed by atoms with E-state index in [1.54, 1.807) is 7.11 Å². The van der Waals surface area contributed by atoms with Crippen LogP contribution in [0.2, 0.25) is 0 Å². The Hall–Kier alpha value is -0.650. The highest BCUT2D eigenvalue weighted by molar-refractivity contribution is 5.78. The van der Waals surface area contributed by atoms with Gasteiger partial charge in [0, 0.05) is 13.2 Å². The zero-order valence-corrected chi connectivity index (χ0v) is 11.9. The summed E-state index contributed by atoms with van der Waals surface area (Å²) in [6, 6.07) is 0.0765. The van der Waals surface area contributed by atoms with Crippen LogP contribution in [-0.4, -0.2) is 63.8 Å². The summed E-state index contributed by atoms with van der Waals surface area (Å²) < 4.78 is 4.97. The molecular formula is C13H27N3O2. The van der Waals surface area contributed by atoms with E-state index in [1.165, 1.54) is 25.9 Å². The van der Waals surface area contributed by atoms with Crippen molar-refractivity contribution < 1.29 is 9.53 Å². The van der Waals surface area contributed by atoms with Crippen molar-refractivity contribution in [2.24, 2.45) is 5.92 Å². The number of carbonyl (C=O) groups excluding carboxylic acids is 1. The molecule has 5 heteroatoms. The Morgan fingerprint density at radius 1 is 1.44 bits per heavy atom. The monoisotopic (exact) mass is 257 g/mol. The number of hydrogen-bond acceptors (Lipinski definition) is 4. The molecule has 1 unspecified atom stereocenters. The highest BCUT2D eigenvalue weighted by Gasteiger charge is 2.16. The maximum Gasteiger partial charge on any atom is 0.234 e. The summed E-state index contributed by atoms with van der Waals surface area (Å²) in [5.41, 5.74) is 0. The summed E-state index contributed by atoms with van der Waals surface area (Å²) in [7, 11) is 3.80. The zero-order valence-electron chi connectivity index (χ0n) is 11.9. The number of carbonyl (C=O) groups is 1. The molecule has 0 saturated carbocycles. The molecule has 0 aromatic carbocycles. The summed E-state index contributed by atoms with van der Waals surface area (Å²) in [6.07, 6.45) is 2.45. The summed E-state index contributed by atoms with van der Waals surface area (Å²) in [4.78, 5) is 13.9. The van der Waals surface area contributed by atoms with E-state index in [1.807, 2.05) is 6.92 Å². The molecule has 5 nitrogen and oxygen atoms in total. The fourth-order valence-corrected chi connectivity index (χ4v) is 2.27. The molecule has 1 aliphatic heterocycles. The molecule has 1 rings (SSSR count). The van der Waals surface area contributed by atoms with E-state index >= 15 is 0 Å². The van der Waals surface area contributed by atoms with E-state index in [0.717, 1.165) is 6.54 Å². The number of methoxy groups -OCH3 is 1. The number of rotatable bonds is 7. The van der Waals surface area contributed by atoms with Crippen molar-refractivity contribution >= 4 is 5.91 Å². The topological polar surface area (TPSA) is 53.6 Å². The lowest BCUT2D eigenvalue weighted by atomic mass is 9.97. The molecule has 1 amide bonds. The van der Waals surface area contributed by atoms with Crippen LogP contribution in [0.4, 0.5) is 0 Å². The van der Waals surface area contributed by atoms with Crippen LogP contribution >= 0.6 is 0 Å². The first-order valence-corrected chi connectivity index (χ1v) is 6.79. The van der Waals surface area contributed by atoms with Gasteiger partial charge in [0.15, 0.2) is 0 Å². The second-order valence-electron chi connectivity index (χ2n) is 5.30. The molecule has 0 aromatic rings. The maximum atomic E-state index is 11.6. The lowest BCUT2D eigenvalue weighted by Crippen LogP contribution is -2.42. The van der Waals surface area contributed by atoms with E-state index in [4.69, 9.17) is 4.74 Å². The molecule has 0 spiro atoms. The molecule has 1 heterocycles. The highest BCUT2D eigenvalue weighted by atomic mass is 16.5. The quantitative estimate of drug-likeness (QED) is 0.678. The van der Waals surface area contributed by atoms with Gasteiger partial charge < -0.3 is 20.3 Å². The second kappa shape index (κ2) is 8.45. The minimum atomic E-state index is 0.0486. The van der Waals surface area contributed by atoms with Gasteiger partial charge in [0.25, 0.3) is 0 Å². The molecule has 0 aliphatic carbocycles. The molecule has 1 aliphatic rings. The highest BCUT2D eigenvalue weighted by Crippen LogP contribution is 2.14. The van der Waals surface area contributed by atoms with Gasteiger partial charge in [-0.25, -0.2) is 0 Å². The molecule has 2 N–H and O–H groups in total. The fraction of sp³-hybridized carbons (Fsp3) is 0.923. The Bertz CT molecular complexity index is 240. The Labute approximate surface area is 110 Å². The maximum absolute atomic E-state index is 11.6. The lowest BCUT2D eigenvalue weighted by molar-refractivity contribution is -0.121. The minimum absolute atomic E-state index is 0.0486. The van der Waals surface area contributed by atoms with Crippen molar-refractivity contribution in [2.45, 2.75) is 25.8 Å². The van der Waals surface area contributed by atoms with Gasteiger partial charge in [0.05, 0.1) is 13.2 Å². The Morgan fingerprint density at radius 2 is 2.11 bits per heavy atom. The van der Waals surface area contributed by atoms with Crippen LogP contribution in [0.3, 0.4) is 0 Å². The van der Waals surface area contributed by atoms with Crippen LogP contribution in [0.25, 0.3) is 0 Å². The lowest BCUT2D eigenvalue weighted by Gasteiger charge is -2.29. The van der Waals surface area contributed by atoms with Crippen LogP contribution in [0.1, 0.15) is 19.8 Å². The predicted octanol–water partition coefficient (Wildman–Crippen LogP) is 0.0689. The summed E-state index contributed by atoms with van der Waals surface area (Å²) in [5, 5.41) is 6.14. The van der Waals surface area contributed by atoms with Gasteiger partial charge in [0.1, 0.15) is 0 Å². The van der Waals surface area contributed by atoms with E-state index in [2.05, 4.69) is 22.6 Å². The fourth-order valence-electron chi connectivity index (χ4n) is 2.27. The van der Waals surface area contributed by atoms with E-state index in [-0.39, 0.29) is 11.9 Å². The Kier molecular flexibility index (Phi) is 7.23. The summed E-state index contributed by atoms with van der Waals surface area (Å²) >= 11 is 0. The third kappa shape index (κ3) is 6.33. The first kappa shape index (κ1) is 15.4. The molecule has 0 aromatic heterocycles. The van der Waals surface area contributed by atoms with Crippen molar-refractivity contribution in [2.75, 3.05) is 46.9 Å². The standard InChI is InChI=1S/C13H27N3O2/c1-11(10-18-3)15-13(17)9-14-8-12-4-6-16(2)7-5-12/h11-12,14H,4-10H2,1-3H3,(H,15,17). The van der Waals surface area contributed by atoms with Crippen LogP contribution in [0, 0.1) is 5.92 Å².